The van der Waals surface area contributed by atoms with Crippen molar-refractivity contribution in [3.63, 3.8) is 0 Å². The van der Waals surface area contributed by atoms with Crippen LogP contribution in [0, 0.1) is 13.8 Å². The summed E-state index contributed by atoms with van der Waals surface area (Å²) in [6.45, 7) is 6.69. The van der Waals surface area contributed by atoms with Crippen molar-refractivity contribution in [1.29, 1.82) is 0 Å². The van der Waals surface area contributed by atoms with Gasteiger partial charge in [0.2, 0.25) is 21.1 Å². The first kappa shape index (κ1) is 25.4. The molecule has 182 valence electrons. The molecule has 1 unspecified atom stereocenters. The number of nitrogens with one attached hydrogen (secondary N) is 1. The molecular formula is C25H31N3O5S. The highest BCUT2D eigenvalue weighted by molar-refractivity contribution is 7.92. The van der Waals surface area contributed by atoms with Crippen LogP contribution >= 0.6 is 0 Å². The predicted octanol–water partition coefficient (Wildman–Crippen LogP) is 2.30. The first-order chi connectivity index (χ1) is 16.1. The number of rotatable bonds is 7. The lowest BCUT2D eigenvalue weighted by atomic mass is 10.1. The van der Waals surface area contributed by atoms with Crippen LogP contribution in [0.5, 0.6) is 0 Å². The van der Waals surface area contributed by atoms with Gasteiger partial charge in [0.15, 0.2) is 0 Å². The van der Waals surface area contributed by atoms with E-state index in [0.29, 0.717) is 19.5 Å². The maximum absolute atomic E-state index is 13.5. The Labute approximate surface area is 200 Å². The molecule has 0 radical (unpaired) electrons. The van der Waals surface area contributed by atoms with Gasteiger partial charge >= 0.3 is 0 Å². The summed E-state index contributed by atoms with van der Waals surface area (Å²) in [5.41, 5.74) is 2.09. The highest BCUT2D eigenvalue weighted by Gasteiger charge is 2.39. The molecule has 0 aliphatic carbocycles. The molecule has 1 N–H and O–H groups in total. The van der Waals surface area contributed by atoms with Crippen molar-refractivity contribution in [3.8, 4) is 0 Å². The van der Waals surface area contributed by atoms with Crippen LogP contribution in [0.25, 0.3) is 0 Å². The van der Waals surface area contributed by atoms with E-state index in [1.165, 1.54) is 17.0 Å². The highest BCUT2D eigenvalue weighted by Crippen LogP contribution is 2.19. The number of hydrogen-bond donors (Lipinski definition) is 1. The van der Waals surface area contributed by atoms with E-state index >= 15 is 0 Å². The third kappa shape index (κ3) is 5.83. The van der Waals surface area contributed by atoms with Crippen LogP contribution in [0.3, 0.4) is 0 Å². The molecule has 1 heterocycles. The lowest BCUT2D eigenvalue weighted by molar-refractivity contribution is -0.139. The Morgan fingerprint density at radius 2 is 1.35 bits per heavy atom. The minimum Gasteiger partial charge on any atom is -0.339 e. The van der Waals surface area contributed by atoms with E-state index in [0.717, 1.165) is 17.5 Å². The van der Waals surface area contributed by atoms with Gasteiger partial charge in [-0.05, 0) is 44.5 Å². The van der Waals surface area contributed by atoms with Crippen molar-refractivity contribution in [2.24, 2.45) is 0 Å². The largest absolute Gasteiger partial charge is 0.339 e. The minimum absolute atomic E-state index is 0.0195. The molecule has 3 amide bonds. The number of carbonyl (C=O) groups excluding carboxylic acids is 3. The summed E-state index contributed by atoms with van der Waals surface area (Å²) in [4.78, 5) is 41.6. The monoisotopic (exact) mass is 485 g/mol. The molecule has 0 bridgehead atoms. The van der Waals surface area contributed by atoms with E-state index in [4.69, 9.17) is 0 Å². The Balaban J connectivity index is 1.86. The van der Waals surface area contributed by atoms with Crippen LogP contribution in [0.15, 0.2) is 53.4 Å². The Morgan fingerprint density at radius 1 is 0.853 bits per heavy atom. The Kier molecular flexibility index (Phi) is 8.09. The summed E-state index contributed by atoms with van der Waals surface area (Å²) in [6, 6.07) is 12.8. The summed E-state index contributed by atoms with van der Waals surface area (Å²) in [7, 11) is -4.22. The topological polar surface area (TPSA) is 104 Å². The molecule has 1 atom stereocenters. The fourth-order valence-corrected chi connectivity index (χ4v) is 5.22. The van der Waals surface area contributed by atoms with Gasteiger partial charge in [-0.1, -0.05) is 42.3 Å². The van der Waals surface area contributed by atoms with Gasteiger partial charge < -0.3 is 15.1 Å². The van der Waals surface area contributed by atoms with Gasteiger partial charge in [-0.3, -0.25) is 14.4 Å². The molecule has 3 rings (SSSR count). The van der Waals surface area contributed by atoms with Crippen LogP contribution in [0.2, 0.25) is 0 Å². The number of aryl methyl sites for hydroxylation is 2. The van der Waals surface area contributed by atoms with E-state index in [9.17, 15) is 22.8 Å². The van der Waals surface area contributed by atoms with Crippen molar-refractivity contribution in [2.45, 2.75) is 43.9 Å². The summed E-state index contributed by atoms with van der Waals surface area (Å²) in [6.07, 6.45) is 1.17. The summed E-state index contributed by atoms with van der Waals surface area (Å²) >= 11 is 0. The Morgan fingerprint density at radius 3 is 1.88 bits per heavy atom. The molecule has 1 aliphatic heterocycles. The van der Waals surface area contributed by atoms with E-state index in [2.05, 4.69) is 5.32 Å². The van der Waals surface area contributed by atoms with E-state index in [1.54, 1.807) is 41.3 Å². The molecule has 0 spiro atoms. The highest BCUT2D eigenvalue weighted by atomic mass is 32.2. The van der Waals surface area contributed by atoms with E-state index in [1.807, 2.05) is 20.8 Å². The number of amides is 3. The normalized spacial score (nSPS) is 15.0. The van der Waals surface area contributed by atoms with Gasteiger partial charge in [0, 0.05) is 38.2 Å². The van der Waals surface area contributed by atoms with Gasteiger partial charge in [-0.25, -0.2) is 8.42 Å². The van der Waals surface area contributed by atoms with E-state index < -0.39 is 27.0 Å². The third-order valence-corrected chi connectivity index (χ3v) is 7.74. The number of hydrogen-bond acceptors (Lipinski definition) is 5. The Bertz CT molecular complexity index is 1140. The predicted molar refractivity (Wildman–Crippen MR) is 129 cm³/mol. The van der Waals surface area contributed by atoms with Gasteiger partial charge in [-0.2, -0.15) is 0 Å². The van der Waals surface area contributed by atoms with Crippen LogP contribution in [-0.2, 0) is 19.4 Å². The quantitative estimate of drug-likeness (QED) is 0.648. The molecule has 1 aliphatic rings. The maximum Gasteiger partial charge on any atom is 0.261 e. The van der Waals surface area contributed by atoms with Crippen LogP contribution in [0.4, 0.5) is 0 Å². The van der Waals surface area contributed by atoms with Crippen LogP contribution in [0.1, 0.15) is 41.3 Å². The maximum atomic E-state index is 13.5. The average molecular weight is 486 g/mol. The second kappa shape index (κ2) is 10.8. The van der Waals surface area contributed by atoms with Crippen molar-refractivity contribution in [3.05, 3.63) is 65.2 Å². The summed E-state index contributed by atoms with van der Waals surface area (Å²) < 4.78 is 27.0. The number of sulfone groups is 1. The lowest BCUT2D eigenvalue weighted by Crippen LogP contribution is -2.57. The number of piperazine rings is 1. The fourth-order valence-electron chi connectivity index (χ4n) is 3.76. The zero-order chi connectivity index (χ0) is 24.9. The standard InChI is InChI=1S/C25H31N3O5S/c1-4-5-22(29)27-14-16-28(17-15-27)25(31)24(26-23(30)20-10-6-18(2)7-11-20)34(32,33)21-12-8-19(3)9-13-21/h6-13,24H,4-5,14-17H2,1-3H3,(H,26,30). The Hall–Kier alpha value is -3.20. The first-order valence-corrected chi connectivity index (χ1v) is 12.9. The van der Waals surface area contributed by atoms with Gasteiger partial charge in [0.1, 0.15) is 0 Å². The first-order valence-electron chi connectivity index (χ1n) is 11.4. The average Bonchev–Trinajstić information content (AvgIpc) is 2.83. The molecule has 0 saturated carbocycles. The van der Waals surface area contributed by atoms with Gasteiger partial charge in [0.25, 0.3) is 11.8 Å². The van der Waals surface area contributed by atoms with Crippen molar-refractivity contribution >= 4 is 27.6 Å². The lowest BCUT2D eigenvalue weighted by Gasteiger charge is -2.36. The SMILES string of the molecule is CCCC(=O)N1CCN(C(=O)C(NC(=O)c2ccc(C)cc2)S(=O)(=O)c2ccc(C)cc2)CC1. The number of benzene rings is 2. The molecule has 1 saturated heterocycles. The zero-order valence-corrected chi connectivity index (χ0v) is 20.6. The molecular weight excluding hydrogens is 454 g/mol. The smallest absolute Gasteiger partial charge is 0.261 e. The molecule has 2 aromatic carbocycles. The molecule has 8 nitrogen and oxygen atoms in total. The summed E-state index contributed by atoms with van der Waals surface area (Å²) in [5.74, 6) is -1.33. The third-order valence-electron chi connectivity index (χ3n) is 5.87. The second-order valence-electron chi connectivity index (χ2n) is 8.53. The van der Waals surface area contributed by atoms with Gasteiger partial charge in [-0.15, -0.1) is 0 Å². The molecule has 1 fully saturated rings. The molecule has 9 heteroatoms. The molecule has 2 aromatic rings. The zero-order valence-electron chi connectivity index (χ0n) is 19.8. The van der Waals surface area contributed by atoms with Crippen molar-refractivity contribution in [1.82, 2.24) is 15.1 Å². The van der Waals surface area contributed by atoms with Gasteiger partial charge in [0.05, 0.1) is 4.90 Å². The van der Waals surface area contributed by atoms with Crippen molar-refractivity contribution in [2.75, 3.05) is 26.2 Å². The number of nitrogens with zero attached hydrogens (tertiary/aromatic N) is 2. The summed E-state index contributed by atoms with van der Waals surface area (Å²) in [5, 5.41) is 0.683. The minimum atomic E-state index is -4.22. The van der Waals surface area contributed by atoms with Crippen LogP contribution in [-0.4, -0.2) is 67.5 Å². The second-order valence-corrected chi connectivity index (χ2v) is 10.6. The van der Waals surface area contributed by atoms with Crippen molar-refractivity contribution < 1.29 is 22.8 Å². The fraction of sp³-hybridized carbons (Fsp3) is 0.400. The molecule has 0 aromatic heterocycles. The van der Waals surface area contributed by atoms with E-state index in [-0.39, 0.29) is 29.5 Å². The number of carbonyl (C=O) groups is 3. The van der Waals surface area contributed by atoms with Crippen LogP contribution < -0.4 is 5.32 Å². The molecule has 34 heavy (non-hydrogen) atoms.